The van der Waals surface area contributed by atoms with E-state index >= 15 is 0 Å². The number of aliphatic hydroxyl groups excluding tert-OH is 1. The lowest BCUT2D eigenvalue weighted by molar-refractivity contribution is -0.123. The van der Waals surface area contributed by atoms with Gasteiger partial charge in [0, 0.05) is 17.3 Å². The van der Waals surface area contributed by atoms with Crippen molar-refractivity contribution in [3.63, 3.8) is 0 Å². The molecule has 0 amide bonds. The molecule has 3 rings (SSSR count). The Bertz CT molecular complexity index is 537. The number of aliphatic hydroxyl groups is 1. The van der Waals surface area contributed by atoms with Crippen molar-refractivity contribution >= 4 is 21.7 Å². The molecule has 1 aliphatic carbocycles. The summed E-state index contributed by atoms with van der Waals surface area (Å²) in [7, 11) is 0. The zero-order valence-electron chi connectivity index (χ0n) is 11.7. The van der Waals surface area contributed by atoms with Gasteiger partial charge in [0.05, 0.1) is 6.10 Å². The van der Waals surface area contributed by atoms with Gasteiger partial charge in [0.15, 0.2) is 5.78 Å². The Hall–Kier alpha value is -0.710. The number of ether oxygens (including phenoxy) is 1. The Morgan fingerprint density at radius 2 is 2.05 bits per heavy atom. The van der Waals surface area contributed by atoms with Gasteiger partial charge in [0.25, 0.3) is 0 Å². The molecular weight excluding hydrogens is 320 g/mol. The standard InChI is InChI=1S/C16H19BrO3/c1-15(2)7-13(19)14-16(9-15,20-14)8-12(18)10-3-5-11(17)6-4-10/h3-6,12,14,18H,7-9H2,1-2H3. The topological polar surface area (TPSA) is 49.8 Å². The molecule has 2 fully saturated rings. The van der Waals surface area contributed by atoms with Gasteiger partial charge in [-0.25, -0.2) is 0 Å². The molecule has 0 bridgehead atoms. The SMILES string of the molecule is CC1(C)CC(=O)C2OC2(CC(O)c2ccc(Br)cc2)C1. The molecule has 20 heavy (non-hydrogen) atoms. The van der Waals surface area contributed by atoms with Crippen LogP contribution in [0.4, 0.5) is 0 Å². The minimum Gasteiger partial charge on any atom is -0.388 e. The summed E-state index contributed by atoms with van der Waals surface area (Å²) in [5.74, 6) is 0.184. The van der Waals surface area contributed by atoms with E-state index in [4.69, 9.17) is 4.74 Å². The van der Waals surface area contributed by atoms with Gasteiger partial charge in [0.1, 0.15) is 11.7 Å². The zero-order chi connectivity index (χ0) is 14.5. The number of fused-ring (bicyclic) bond motifs is 1. The first-order chi connectivity index (χ1) is 9.31. The highest BCUT2D eigenvalue weighted by Gasteiger charge is 2.65. The maximum atomic E-state index is 12.0. The highest BCUT2D eigenvalue weighted by molar-refractivity contribution is 9.10. The van der Waals surface area contributed by atoms with Crippen LogP contribution in [0, 0.1) is 5.41 Å². The summed E-state index contributed by atoms with van der Waals surface area (Å²) in [4.78, 5) is 12.0. The Labute approximate surface area is 127 Å². The van der Waals surface area contributed by atoms with E-state index in [1.807, 2.05) is 24.3 Å². The average molecular weight is 339 g/mol. The fourth-order valence-electron chi connectivity index (χ4n) is 3.49. The summed E-state index contributed by atoms with van der Waals surface area (Å²) >= 11 is 3.38. The molecule has 0 aromatic heterocycles. The Balaban J connectivity index is 1.75. The molecule has 3 unspecified atom stereocenters. The lowest BCUT2D eigenvalue weighted by atomic mass is 9.70. The minimum absolute atomic E-state index is 0.0382. The van der Waals surface area contributed by atoms with E-state index in [0.29, 0.717) is 12.8 Å². The lowest BCUT2D eigenvalue weighted by Crippen LogP contribution is -2.37. The number of carbonyl (C=O) groups excluding carboxylic acids is 1. The van der Waals surface area contributed by atoms with E-state index in [2.05, 4.69) is 29.8 Å². The van der Waals surface area contributed by atoms with Crippen molar-refractivity contribution in [2.45, 2.75) is 50.9 Å². The fraction of sp³-hybridized carbons (Fsp3) is 0.562. The molecular formula is C16H19BrO3. The average Bonchev–Trinajstić information content (AvgIpc) is 3.02. The lowest BCUT2D eigenvalue weighted by Gasteiger charge is -2.32. The predicted octanol–water partition coefficient (Wildman–Crippen LogP) is 3.40. The van der Waals surface area contributed by atoms with E-state index in [0.717, 1.165) is 16.5 Å². The molecule has 1 heterocycles. The highest BCUT2D eigenvalue weighted by atomic mass is 79.9. The van der Waals surface area contributed by atoms with Crippen LogP contribution in [0.1, 0.15) is 44.8 Å². The largest absolute Gasteiger partial charge is 0.388 e. The minimum atomic E-state index is -0.588. The van der Waals surface area contributed by atoms with Crippen molar-refractivity contribution in [3.8, 4) is 0 Å². The van der Waals surface area contributed by atoms with Crippen LogP contribution in [0.25, 0.3) is 0 Å². The van der Waals surface area contributed by atoms with Crippen molar-refractivity contribution in [1.29, 1.82) is 0 Å². The summed E-state index contributed by atoms with van der Waals surface area (Å²) in [6.45, 7) is 4.19. The third kappa shape index (κ3) is 2.57. The van der Waals surface area contributed by atoms with E-state index in [-0.39, 0.29) is 17.3 Å². The first-order valence-electron chi connectivity index (χ1n) is 6.95. The Morgan fingerprint density at radius 3 is 2.70 bits per heavy atom. The first-order valence-corrected chi connectivity index (χ1v) is 7.75. The maximum Gasteiger partial charge on any atom is 0.165 e. The van der Waals surface area contributed by atoms with E-state index in [1.165, 1.54) is 0 Å². The van der Waals surface area contributed by atoms with E-state index in [9.17, 15) is 9.90 Å². The number of benzene rings is 1. The van der Waals surface area contributed by atoms with Crippen LogP contribution >= 0.6 is 15.9 Å². The van der Waals surface area contributed by atoms with Gasteiger partial charge in [-0.3, -0.25) is 4.79 Å². The third-order valence-corrected chi connectivity index (χ3v) is 4.82. The number of epoxide rings is 1. The van der Waals surface area contributed by atoms with Gasteiger partial charge in [-0.1, -0.05) is 41.9 Å². The maximum absolute atomic E-state index is 12.0. The summed E-state index contributed by atoms with van der Waals surface area (Å²) in [6, 6.07) is 7.63. The molecule has 3 atom stereocenters. The van der Waals surface area contributed by atoms with Crippen LogP contribution in [0.2, 0.25) is 0 Å². The highest BCUT2D eigenvalue weighted by Crippen LogP contribution is 2.56. The molecule has 1 aromatic carbocycles. The molecule has 0 radical (unpaired) electrons. The first kappa shape index (κ1) is 14.2. The van der Waals surface area contributed by atoms with Crippen molar-refractivity contribution in [3.05, 3.63) is 34.3 Å². The molecule has 108 valence electrons. The number of hydrogen-bond donors (Lipinski definition) is 1. The summed E-state index contributed by atoms with van der Waals surface area (Å²) in [5, 5.41) is 10.4. The molecule has 1 aliphatic heterocycles. The van der Waals surface area contributed by atoms with Crippen LogP contribution in [0.15, 0.2) is 28.7 Å². The van der Waals surface area contributed by atoms with Crippen molar-refractivity contribution in [2.24, 2.45) is 5.41 Å². The molecule has 1 saturated carbocycles. The van der Waals surface area contributed by atoms with E-state index < -0.39 is 11.7 Å². The summed E-state index contributed by atoms with van der Waals surface area (Å²) < 4.78 is 6.70. The number of hydrogen-bond acceptors (Lipinski definition) is 3. The van der Waals surface area contributed by atoms with Gasteiger partial charge in [-0.2, -0.15) is 0 Å². The number of rotatable bonds is 3. The van der Waals surface area contributed by atoms with Gasteiger partial charge in [-0.15, -0.1) is 0 Å². The number of Topliss-reactive ketones (excluding diaryl/α,β-unsaturated/α-hetero) is 1. The molecule has 2 aliphatic rings. The monoisotopic (exact) mass is 338 g/mol. The quantitative estimate of drug-likeness (QED) is 0.859. The van der Waals surface area contributed by atoms with Gasteiger partial charge < -0.3 is 9.84 Å². The van der Waals surface area contributed by atoms with Crippen LogP contribution in [0.3, 0.4) is 0 Å². The Morgan fingerprint density at radius 1 is 1.40 bits per heavy atom. The molecule has 3 nitrogen and oxygen atoms in total. The molecule has 1 aromatic rings. The number of carbonyl (C=O) groups is 1. The van der Waals surface area contributed by atoms with Crippen LogP contribution in [-0.2, 0) is 9.53 Å². The van der Waals surface area contributed by atoms with Gasteiger partial charge in [-0.05, 0) is 29.5 Å². The fourth-order valence-corrected chi connectivity index (χ4v) is 3.75. The Kier molecular flexibility index (Phi) is 3.31. The summed E-state index contributed by atoms with van der Waals surface area (Å²) in [6.07, 6.45) is 1.03. The number of ketones is 1. The van der Waals surface area contributed by atoms with Crippen LogP contribution in [-0.4, -0.2) is 22.6 Å². The van der Waals surface area contributed by atoms with Crippen LogP contribution in [0.5, 0.6) is 0 Å². The van der Waals surface area contributed by atoms with Crippen molar-refractivity contribution in [2.75, 3.05) is 0 Å². The normalized spacial score (nSPS) is 32.6. The van der Waals surface area contributed by atoms with Gasteiger partial charge >= 0.3 is 0 Å². The second-order valence-corrected chi connectivity index (χ2v) is 7.73. The number of halogens is 1. The molecule has 0 spiro atoms. The molecule has 1 N–H and O–H groups in total. The van der Waals surface area contributed by atoms with Crippen molar-refractivity contribution in [1.82, 2.24) is 0 Å². The molecule has 1 saturated heterocycles. The molecule has 4 heteroatoms. The van der Waals surface area contributed by atoms with Crippen molar-refractivity contribution < 1.29 is 14.6 Å². The predicted molar refractivity (Wildman–Crippen MR) is 79.3 cm³/mol. The van der Waals surface area contributed by atoms with E-state index in [1.54, 1.807) is 0 Å². The second-order valence-electron chi connectivity index (χ2n) is 6.82. The summed E-state index contributed by atoms with van der Waals surface area (Å²) in [5.41, 5.74) is 0.391. The second kappa shape index (κ2) is 4.65. The third-order valence-electron chi connectivity index (χ3n) is 4.29. The zero-order valence-corrected chi connectivity index (χ0v) is 13.3. The van der Waals surface area contributed by atoms with Gasteiger partial charge in [0.2, 0.25) is 0 Å². The van der Waals surface area contributed by atoms with Crippen LogP contribution < -0.4 is 0 Å². The smallest absolute Gasteiger partial charge is 0.165 e.